The first-order valence-electron chi connectivity index (χ1n) is 5.34. The molecular formula is C13H17ClN2. The summed E-state index contributed by atoms with van der Waals surface area (Å²) in [6, 6.07) is 8.44. The molecule has 3 heteroatoms. The predicted octanol–water partition coefficient (Wildman–Crippen LogP) is 3.33. The first-order valence-corrected chi connectivity index (χ1v) is 5.88. The van der Waals surface area contributed by atoms with Crippen LogP contribution in [0.4, 0.5) is 5.69 Å². The number of nitriles is 1. The lowest BCUT2D eigenvalue weighted by atomic mass is 10.1. The highest BCUT2D eigenvalue weighted by molar-refractivity contribution is 6.17. The Morgan fingerprint density at radius 3 is 2.69 bits per heavy atom. The van der Waals surface area contributed by atoms with Gasteiger partial charge in [-0.25, -0.2) is 0 Å². The molecule has 0 bridgehead atoms. The minimum atomic E-state index is 0.0390. The quantitative estimate of drug-likeness (QED) is 0.750. The highest BCUT2D eigenvalue weighted by Gasteiger charge is 2.08. The van der Waals surface area contributed by atoms with Crippen LogP contribution in [-0.2, 0) is 5.88 Å². The van der Waals surface area contributed by atoms with Crippen molar-refractivity contribution in [1.82, 2.24) is 0 Å². The number of nitrogens with zero attached hydrogens (tertiary/aromatic N) is 2. The van der Waals surface area contributed by atoms with Crippen molar-refractivity contribution >= 4 is 17.3 Å². The summed E-state index contributed by atoms with van der Waals surface area (Å²) >= 11 is 5.78. The third-order valence-electron chi connectivity index (χ3n) is 2.59. The van der Waals surface area contributed by atoms with E-state index in [-0.39, 0.29) is 5.92 Å². The summed E-state index contributed by atoms with van der Waals surface area (Å²) in [5.74, 6) is 0.580. The predicted molar refractivity (Wildman–Crippen MR) is 68.8 cm³/mol. The van der Waals surface area contributed by atoms with Crippen LogP contribution < -0.4 is 4.90 Å². The Bertz CT molecular complexity index is 395. The molecule has 0 saturated carbocycles. The summed E-state index contributed by atoms with van der Waals surface area (Å²) < 4.78 is 0. The van der Waals surface area contributed by atoms with Gasteiger partial charge >= 0.3 is 0 Å². The van der Waals surface area contributed by atoms with E-state index in [1.54, 1.807) is 0 Å². The van der Waals surface area contributed by atoms with E-state index in [9.17, 15) is 0 Å². The molecule has 0 aliphatic carbocycles. The number of benzene rings is 1. The van der Waals surface area contributed by atoms with Crippen molar-refractivity contribution in [3.05, 3.63) is 29.3 Å². The van der Waals surface area contributed by atoms with E-state index in [4.69, 9.17) is 16.9 Å². The number of anilines is 1. The number of hydrogen-bond acceptors (Lipinski definition) is 2. The summed E-state index contributed by atoms with van der Waals surface area (Å²) in [5, 5.41) is 8.79. The summed E-state index contributed by atoms with van der Waals surface area (Å²) in [6.45, 7) is 4.75. The van der Waals surface area contributed by atoms with Crippen molar-refractivity contribution in [2.75, 3.05) is 18.5 Å². The Balaban J connectivity index is 2.84. The standard InChI is InChI=1S/C13H17ClN2/c1-10(8-15)9-16(3)13-5-4-12(7-14)6-11(13)2/h4-6,10H,7,9H2,1-3H3. The molecule has 0 fully saturated rings. The molecule has 0 spiro atoms. The van der Waals surface area contributed by atoms with Crippen molar-refractivity contribution < 1.29 is 0 Å². The van der Waals surface area contributed by atoms with Crippen LogP contribution in [0.3, 0.4) is 0 Å². The maximum atomic E-state index is 8.79. The average Bonchev–Trinajstić information content (AvgIpc) is 2.28. The van der Waals surface area contributed by atoms with Crippen molar-refractivity contribution in [1.29, 1.82) is 5.26 Å². The number of aryl methyl sites for hydroxylation is 1. The molecule has 0 aliphatic heterocycles. The number of rotatable bonds is 4. The second-order valence-electron chi connectivity index (χ2n) is 4.17. The van der Waals surface area contributed by atoms with E-state index in [0.717, 1.165) is 17.8 Å². The maximum Gasteiger partial charge on any atom is 0.0671 e. The topological polar surface area (TPSA) is 27.0 Å². The highest BCUT2D eigenvalue weighted by atomic mass is 35.5. The van der Waals surface area contributed by atoms with E-state index >= 15 is 0 Å². The molecule has 1 atom stereocenters. The third-order valence-corrected chi connectivity index (χ3v) is 2.90. The molecule has 0 amide bonds. The van der Waals surface area contributed by atoms with E-state index in [2.05, 4.69) is 30.0 Å². The normalized spacial score (nSPS) is 11.9. The molecule has 1 unspecified atom stereocenters. The second kappa shape index (κ2) is 5.77. The van der Waals surface area contributed by atoms with Gasteiger partial charge in [-0.2, -0.15) is 5.26 Å². The van der Waals surface area contributed by atoms with Gasteiger partial charge in [-0.1, -0.05) is 12.1 Å². The second-order valence-corrected chi connectivity index (χ2v) is 4.43. The van der Waals surface area contributed by atoms with Gasteiger partial charge in [0.05, 0.1) is 12.0 Å². The minimum absolute atomic E-state index is 0.0390. The SMILES string of the molecule is Cc1cc(CCl)ccc1N(C)CC(C)C#N. The summed E-state index contributed by atoms with van der Waals surface area (Å²) in [7, 11) is 2.01. The Hall–Kier alpha value is -1.20. The van der Waals surface area contributed by atoms with Crippen molar-refractivity contribution in [2.45, 2.75) is 19.7 Å². The largest absolute Gasteiger partial charge is 0.373 e. The van der Waals surface area contributed by atoms with E-state index < -0.39 is 0 Å². The van der Waals surface area contributed by atoms with Gasteiger partial charge in [0.15, 0.2) is 0 Å². The molecule has 0 heterocycles. The smallest absolute Gasteiger partial charge is 0.0671 e. The van der Waals surface area contributed by atoms with Gasteiger partial charge in [-0.05, 0) is 31.0 Å². The van der Waals surface area contributed by atoms with Gasteiger partial charge in [0.25, 0.3) is 0 Å². The lowest BCUT2D eigenvalue weighted by Gasteiger charge is -2.22. The van der Waals surface area contributed by atoms with Crippen LogP contribution in [0, 0.1) is 24.2 Å². The van der Waals surface area contributed by atoms with Gasteiger partial charge in [-0.3, -0.25) is 0 Å². The van der Waals surface area contributed by atoms with E-state index in [1.807, 2.05) is 20.0 Å². The van der Waals surface area contributed by atoms with Crippen molar-refractivity contribution in [2.24, 2.45) is 5.92 Å². The molecule has 0 aromatic heterocycles. The van der Waals surface area contributed by atoms with Crippen LogP contribution in [0.15, 0.2) is 18.2 Å². The summed E-state index contributed by atoms with van der Waals surface area (Å²) in [4.78, 5) is 2.11. The van der Waals surface area contributed by atoms with Gasteiger partial charge in [0.1, 0.15) is 0 Å². The van der Waals surface area contributed by atoms with Gasteiger partial charge in [0, 0.05) is 25.2 Å². The molecule has 1 aromatic rings. The van der Waals surface area contributed by atoms with Crippen LogP contribution in [0.2, 0.25) is 0 Å². The molecule has 2 nitrogen and oxygen atoms in total. The zero-order valence-corrected chi connectivity index (χ0v) is 10.8. The zero-order valence-electron chi connectivity index (χ0n) is 10.00. The molecule has 0 saturated heterocycles. The van der Waals surface area contributed by atoms with Crippen LogP contribution in [0.5, 0.6) is 0 Å². The molecule has 16 heavy (non-hydrogen) atoms. The number of alkyl halides is 1. The Kier molecular flexibility index (Phi) is 4.64. The van der Waals surface area contributed by atoms with E-state index in [1.165, 1.54) is 5.56 Å². The van der Waals surface area contributed by atoms with Gasteiger partial charge in [-0.15, -0.1) is 11.6 Å². The fraction of sp³-hybridized carbons (Fsp3) is 0.462. The van der Waals surface area contributed by atoms with Gasteiger partial charge in [0.2, 0.25) is 0 Å². The van der Waals surface area contributed by atoms with Gasteiger partial charge < -0.3 is 4.90 Å². The fourth-order valence-corrected chi connectivity index (χ4v) is 1.95. The van der Waals surface area contributed by atoms with E-state index in [0.29, 0.717) is 5.88 Å². The summed E-state index contributed by atoms with van der Waals surface area (Å²) in [6.07, 6.45) is 0. The van der Waals surface area contributed by atoms with Crippen LogP contribution in [0.25, 0.3) is 0 Å². The lowest BCUT2D eigenvalue weighted by molar-refractivity contribution is 0.715. The average molecular weight is 237 g/mol. The Morgan fingerprint density at radius 1 is 1.50 bits per heavy atom. The number of hydrogen-bond donors (Lipinski definition) is 0. The van der Waals surface area contributed by atoms with Crippen LogP contribution in [0.1, 0.15) is 18.1 Å². The fourth-order valence-electron chi connectivity index (χ4n) is 1.78. The van der Waals surface area contributed by atoms with Crippen LogP contribution >= 0.6 is 11.6 Å². The monoisotopic (exact) mass is 236 g/mol. The van der Waals surface area contributed by atoms with Crippen LogP contribution in [-0.4, -0.2) is 13.6 Å². The molecule has 0 radical (unpaired) electrons. The molecule has 1 rings (SSSR count). The van der Waals surface area contributed by atoms with Crippen molar-refractivity contribution in [3.8, 4) is 6.07 Å². The zero-order chi connectivity index (χ0) is 12.1. The first kappa shape index (κ1) is 12.9. The molecule has 1 aromatic carbocycles. The molecule has 0 N–H and O–H groups in total. The Labute approximate surface area is 102 Å². The lowest BCUT2D eigenvalue weighted by Crippen LogP contribution is -2.23. The molecule has 86 valence electrons. The first-order chi connectivity index (χ1) is 7.58. The highest BCUT2D eigenvalue weighted by Crippen LogP contribution is 2.21. The van der Waals surface area contributed by atoms with Crippen molar-refractivity contribution in [3.63, 3.8) is 0 Å². The minimum Gasteiger partial charge on any atom is -0.373 e. The summed E-state index contributed by atoms with van der Waals surface area (Å²) in [5.41, 5.74) is 3.49. The number of halogens is 1. The molecule has 0 aliphatic rings. The Morgan fingerprint density at radius 2 is 2.19 bits per heavy atom. The molecular weight excluding hydrogens is 220 g/mol. The maximum absolute atomic E-state index is 8.79. The third kappa shape index (κ3) is 3.15.